The summed E-state index contributed by atoms with van der Waals surface area (Å²) in [5, 5.41) is 12.9. The highest BCUT2D eigenvalue weighted by atomic mass is 32.2. The molecule has 0 atom stereocenters. The third kappa shape index (κ3) is 4.21. The van der Waals surface area contributed by atoms with Crippen LogP contribution in [0, 0.1) is 6.92 Å². The van der Waals surface area contributed by atoms with Gasteiger partial charge in [0.25, 0.3) is 0 Å². The average Bonchev–Trinajstić information content (AvgIpc) is 3.39. The largest absolute Gasteiger partial charge is 0.496 e. The minimum atomic E-state index is 0.756. The smallest absolute Gasteiger partial charge is 0.191 e. The van der Waals surface area contributed by atoms with Gasteiger partial charge in [0.15, 0.2) is 11.0 Å². The second-order valence-corrected chi connectivity index (χ2v) is 8.35. The van der Waals surface area contributed by atoms with Gasteiger partial charge < -0.3 is 9.30 Å². The molecule has 2 aromatic carbocycles. The Balaban J connectivity index is 1.52. The number of rotatable bonds is 7. The topological polar surface area (TPSA) is 52.8 Å². The van der Waals surface area contributed by atoms with Crippen molar-refractivity contribution in [3.8, 4) is 27.7 Å². The molecule has 0 aliphatic carbocycles. The monoisotopic (exact) mass is 422 g/mol. The first-order chi connectivity index (χ1) is 14.2. The predicted molar refractivity (Wildman–Crippen MR) is 120 cm³/mol. The van der Waals surface area contributed by atoms with Crippen LogP contribution in [0.2, 0.25) is 0 Å². The normalized spacial score (nSPS) is 11.0. The zero-order valence-electron chi connectivity index (χ0n) is 16.6. The van der Waals surface area contributed by atoms with E-state index in [0.717, 1.165) is 50.9 Å². The van der Waals surface area contributed by atoms with Crippen molar-refractivity contribution in [2.45, 2.75) is 31.3 Å². The summed E-state index contributed by atoms with van der Waals surface area (Å²) in [4.78, 5) is 4.79. The maximum absolute atomic E-state index is 5.49. The first kappa shape index (κ1) is 19.7. The number of hydrogen-bond acceptors (Lipinski definition) is 6. The van der Waals surface area contributed by atoms with Crippen molar-refractivity contribution in [3.63, 3.8) is 0 Å². The van der Waals surface area contributed by atoms with E-state index < -0.39 is 0 Å². The van der Waals surface area contributed by atoms with Gasteiger partial charge in [-0.1, -0.05) is 53.7 Å². The zero-order valence-corrected chi connectivity index (χ0v) is 18.3. The van der Waals surface area contributed by atoms with Gasteiger partial charge in [0, 0.05) is 23.2 Å². The van der Waals surface area contributed by atoms with Gasteiger partial charge in [-0.2, -0.15) is 0 Å². The lowest BCUT2D eigenvalue weighted by molar-refractivity contribution is 0.416. The second kappa shape index (κ2) is 8.80. The van der Waals surface area contributed by atoms with E-state index in [1.807, 2.05) is 24.3 Å². The van der Waals surface area contributed by atoms with Crippen LogP contribution in [0.15, 0.2) is 59.1 Å². The molecule has 148 valence electrons. The number of methoxy groups -OCH3 is 1. The number of benzene rings is 2. The molecule has 0 spiro atoms. The highest BCUT2D eigenvalue weighted by molar-refractivity contribution is 7.98. The minimum Gasteiger partial charge on any atom is -0.496 e. The molecule has 2 aromatic heterocycles. The molecule has 5 nitrogen and oxygen atoms in total. The molecule has 0 radical (unpaired) electrons. The summed E-state index contributed by atoms with van der Waals surface area (Å²) in [5.74, 6) is 2.38. The first-order valence-electron chi connectivity index (χ1n) is 9.40. The number of hydrogen-bond donors (Lipinski definition) is 0. The maximum Gasteiger partial charge on any atom is 0.191 e. The van der Waals surface area contributed by atoms with Crippen molar-refractivity contribution in [2.24, 2.45) is 0 Å². The summed E-state index contributed by atoms with van der Waals surface area (Å²) in [6.07, 6.45) is 0. The number of aryl methyl sites for hydroxylation is 1. The van der Waals surface area contributed by atoms with E-state index in [1.165, 1.54) is 5.56 Å². The summed E-state index contributed by atoms with van der Waals surface area (Å²) in [5.41, 5.74) is 4.42. The van der Waals surface area contributed by atoms with Crippen LogP contribution in [0.4, 0.5) is 0 Å². The van der Waals surface area contributed by atoms with E-state index in [0.29, 0.717) is 0 Å². The fourth-order valence-electron chi connectivity index (χ4n) is 3.05. The van der Waals surface area contributed by atoms with Crippen LogP contribution < -0.4 is 4.74 Å². The van der Waals surface area contributed by atoms with Crippen LogP contribution in [-0.4, -0.2) is 26.9 Å². The number of para-hydroxylation sites is 1. The zero-order chi connectivity index (χ0) is 20.2. The maximum atomic E-state index is 5.49. The summed E-state index contributed by atoms with van der Waals surface area (Å²) < 4.78 is 7.61. The Morgan fingerprint density at radius 2 is 1.86 bits per heavy atom. The highest BCUT2D eigenvalue weighted by Crippen LogP contribution is 2.32. The van der Waals surface area contributed by atoms with E-state index in [4.69, 9.17) is 9.72 Å². The van der Waals surface area contributed by atoms with Crippen molar-refractivity contribution >= 4 is 23.1 Å². The van der Waals surface area contributed by atoms with Crippen LogP contribution in [0.5, 0.6) is 5.75 Å². The molecule has 4 aromatic rings. The molecule has 0 fully saturated rings. The summed E-state index contributed by atoms with van der Waals surface area (Å²) in [6.45, 7) is 4.98. The van der Waals surface area contributed by atoms with Gasteiger partial charge in [-0.25, -0.2) is 4.98 Å². The van der Waals surface area contributed by atoms with Gasteiger partial charge in [-0.3, -0.25) is 0 Å². The second-order valence-electron chi connectivity index (χ2n) is 6.55. The fraction of sp³-hybridized carbons (Fsp3) is 0.227. The van der Waals surface area contributed by atoms with Crippen molar-refractivity contribution in [1.82, 2.24) is 19.7 Å². The third-order valence-corrected chi connectivity index (χ3v) is 6.52. The lowest BCUT2D eigenvalue weighted by Crippen LogP contribution is -2.01. The molecular formula is C22H22N4OS2. The number of aromatic nitrogens is 4. The molecule has 2 heterocycles. The number of thiazole rings is 1. The van der Waals surface area contributed by atoms with Crippen molar-refractivity contribution < 1.29 is 4.74 Å². The van der Waals surface area contributed by atoms with E-state index in [-0.39, 0.29) is 0 Å². The standard InChI is InChI=1S/C22H22N4OS2/c1-4-26-20(18-7-5-6-8-19(18)27-3)24-25-22(26)29-14-17-13-28-21(23-17)16-11-9-15(2)10-12-16/h5-13H,4,14H2,1-3H3. The van der Waals surface area contributed by atoms with E-state index >= 15 is 0 Å². The molecule has 7 heteroatoms. The van der Waals surface area contributed by atoms with Gasteiger partial charge in [0.05, 0.1) is 18.4 Å². The lowest BCUT2D eigenvalue weighted by atomic mass is 10.2. The van der Waals surface area contributed by atoms with E-state index in [2.05, 4.69) is 58.3 Å². The molecule has 0 bridgehead atoms. The average molecular weight is 423 g/mol. The van der Waals surface area contributed by atoms with Gasteiger partial charge in [0.2, 0.25) is 0 Å². The molecule has 0 aliphatic heterocycles. The number of thioether (sulfide) groups is 1. The lowest BCUT2D eigenvalue weighted by Gasteiger charge is -2.10. The van der Waals surface area contributed by atoms with Gasteiger partial charge in [-0.15, -0.1) is 21.5 Å². The molecular weight excluding hydrogens is 400 g/mol. The molecule has 0 saturated carbocycles. The quantitative estimate of drug-likeness (QED) is 0.358. The number of ether oxygens (including phenoxy) is 1. The molecule has 0 N–H and O–H groups in total. The van der Waals surface area contributed by atoms with Crippen LogP contribution in [0.25, 0.3) is 22.0 Å². The van der Waals surface area contributed by atoms with Crippen LogP contribution in [0.1, 0.15) is 18.2 Å². The van der Waals surface area contributed by atoms with Crippen molar-refractivity contribution in [2.75, 3.05) is 7.11 Å². The van der Waals surface area contributed by atoms with Gasteiger partial charge >= 0.3 is 0 Å². The summed E-state index contributed by atoms with van der Waals surface area (Å²) >= 11 is 3.33. The molecule has 0 saturated heterocycles. The van der Waals surface area contributed by atoms with Gasteiger partial charge in [0.1, 0.15) is 10.8 Å². The molecule has 0 unspecified atom stereocenters. The predicted octanol–water partition coefficient (Wildman–Crippen LogP) is 5.70. The first-order valence-corrected chi connectivity index (χ1v) is 11.3. The Hall–Kier alpha value is -2.64. The van der Waals surface area contributed by atoms with E-state index in [9.17, 15) is 0 Å². The molecule has 29 heavy (non-hydrogen) atoms. The Labute approximate surface area is 178 Å². The van der Waals surface area contributed by atoms with E-state index in [1.54, 1.807) is 30.2 Å². The Morgan fingerprint density at radius 1 is 1.07 bits per heavy atom. The van der Waals surface area contributed by atoms with Crippen LogP contribution >= 0.6 is 23.1 Å². The van der Waals surface area contributed by atoms with Crippen LogP contribution in [-0.2, 0) is 12.3 Å². The van der Waals surface area contributed by atoms with Crippen molar-refractivity contribution in [1.29, 1.82) is 0 Å². The SMILES string of the molecule is CCn1c(SCc2csc(-c3ccc(C)cc3)n2)nnc1-c1ccccc1OC. The minimum absolute atomic E-state index is 0.756. The van der Waals surface area contributed by atoms with Gasteiger partial charge in [-0.05, 0) is 26.0 Å². The Kier molecular flexibility index (Phi) is 5.97. The molecule has 0 aliphatic rings. The summed E-state index contributed by atoms with van der Waals surface area (Å²) in [7, 11) is 1.68. The fourth-order valence-corrected chi connectivity index (χ4v) is 4.88. The summed E-state index contributed by atoms with van der Waals surface area (Å²) in [6, 6.07) is 16.4. The highest BCUT2D eigenvalue weighted by Gasteiger charge is 2.17. The van der Waals surface area contributed by atoms with Crippen LogP contribution in [0.3, 0.4) is 0 Å². The number of nitrogens with zero attached hydrogens (tertiary/aromatic N) is 4. The van der Waals surface area contributed by atoms with Crippen molar-refractivity contribution in [3.05, 3.63) is 65.2 Å². The Bertz CT molecular complexity index is 1100. The molecule has 4 rings (SSSR count). The Morgan fingerprint density at radius 3 is 2.62 bits per heavy atom. The molecule has 0 amide bonds. The third-order valence-electron chi connectivity index (χ3n) is 4.58.